The van der Waals surface area contributed by atoms with Crippen LogP contribution in [0.4, 0.5) is 15.2 Å². The fourth-order valence-electron chi connectivity index (χ4n) is 2.34. The lowest BCUT2D eigenvalue weighted by atomic mass is 10.2. The second-order valence-corrected chi connectivity index (χ2v) is 6.02. The summed E-state index contributed by atoms with van der Waals surface area (Å²) < 4.78 is 24.0. The van der Waals surface area contributed by atoms with Gasteiger partial charge < -0.3 is 24.9 Å². The number of carboxylic acid groups (broad SMARTS) is 1. The van der Waals surface area contributed by atoms with Gasteiger partial charge in [-0.2, -0.15) is 4.98 Å². The van der Waals surface area contributed by atoms with E-state index in [4.69, 9.17) is 14.3 Å². The zero-order valence-electron chi connectivity index (χ0n) is 15.1. The van der Waals surface area contributed by atoms with Crippen molar-refractivity contribution in [2.75, 3.05) is 18.5 Å². The van der Waals surface area contributed by atoms with E-state index in [1.807, 2.05) is 19.1 Å². The number of oxazole rings is 1. The molecule has 0 spiro atoms. The van der Waals surface area contributed by atoms with Crippen LogP contribution in [0.3, 0.4) is 0 Å². The highest BCUT2D eigenvalue weighted by atomic mass is 19.1. The average Bonchev–Trinajstić information content (AvgIpc) is 3.09. The van der Waals surface area contributed by atoms with Gasteiger partial charge in [-0.25, -0.2) is 9.18 Å². The largest absolute Gasteiger partial charge is 0.489 e. The number of anilines is 1. The molecule has 3 rings (SSSR count). The van der Waals surface area contributed by atoms with Crippen LogP contribution < -0.4 is 15.4 Å². The number of nitrogens with one attached hydrogen (secondary N) is 2. The van der Waals surface area contributed by atoms with E-state index in [1.165, 1.54) is 0 Å². The van der Waals surface area contributed by atoms with Crippen LogP contribution in [0.25, 0.3) is 11.1 Å². The molecule has 146 valence electrons. The highest BCUT2D eigenvalue weighted by Crippen LogP contribution is 2.24. The number of halogens is 1. The summed E-state index contributed by atoms with van der Waals surface area (Å²) in [5.74, 6) is 0.451. The Bertz CT molecular complexity index is 985. The minimum Gasteiger partial charge on any atom is -0.489 e. The number of nitrogens with zero attached hydrogens (tertiary/aromatic N) is 2. The standard InChI is InChI=1S/C19H19FN4O4/c1-12-2-3-13(8-21-12)9-22-18-24-16-5-4-15(6-17(16)28-18)27-11-14(7-20)10-23-19(25)26/h2-8,23H,9-11H2,1H3,(H,22,24)(H,25,26)/b14-7+. The van der Waals surface area contributed by atoms with Gasteiger partial charge in [0, 0.05) is 36.6 Å². The summed E-state index contributed by atoms with van der Waals surface area (Å²) in [6.45, 7) is 2.19. The number of hydrogen-bond donors (Lipinski definition) is 3. The molecule has 0 aliphatic carbocycles. The summed E-state index contributed by atoms with van der Waals surface area (Å²) >= 11 is 0. The Labute approximate surface area is 160 Å². The lowest BCUT2D eigenvalue weighted by Gasteiger charge is -2.08. The van der Waals surface area contributed by atoms with Crippen LogP contribution in [0.1, 0.15) is 11.3 Å². The summed E-state index contributed by atoms with van der Waals surface area (Å²) in [5, 5.41) is 13.7. The van der Waals surface area contributed by atoms with Gasteiger partial charge in [0.15, 0.2) is 5.58 Å². The number of aromatic nitrogens is 2. The fourth-order valence-corrected chi connectivity index (χ4v) is 2.34. The van der Waals surface area contributed by atoms with E-state index in [-0.39, 0.29) is 18.7 Å². The summed E-state index contributed by atoms with van der Waals surface area (Å²) in [5.41, 5.74) is 3.26. The second kappa shape index (κ2) is 8.85. The SMILES string of the molecule is Cc1ccc(CNc2nc3ccc(OC/C(=C/F)CNC(=O)O)cc3o2)cn1. The van der Waals surface area contributed by atoms with E-state index in [2.05, 4.69) is 20.6 Å². The number of fused-ring (bicyclic) bond motifs is 1. The first-order valence-electron chi connectivity index (χ1n) is 8.47. The van der Waals surface area contributed by atoms with E-state index in [1.54, 1.807) is 24.4 Å². The lowest BCUT2D eigenvalue weighted by molar-refractivity contribution is 0.195. The highest BCUT2D eigenvalue weighted by Gasteiger charge is 2.08. The molecule has 0 fully saturated rings. The van der Waals surface area contributed by atoms with Crippen LogP contribution >= 0.6 is 0 Å². The fraction of sp³-hybridized carbons (Fsp3) is 0.211. The van der Waals surface area contributed by atoms with E-state index in [9.17, 15) is 9.18 Å². The summed E-state index contributed by atoms with van der Waals surface area (Å²) in [4.78, 5) is 19.1. The number of rotatable bonds is 8. The van der Waals surface area contributed by atoms with Gasteiger partial charge in [0.1, 0.15) is 17.9 Å². The predicted molar refractivity (Wildman–Crippen MR) is 101 cm³/mol. The zero-order valence-corrected chi connectivity index (χ0v) is 15.1. The Kier molecular flexibility index (Phi) is 6.05. The molecule has 0 aliphatic rings. The zero-order chi connectivity index (χ0) is 19.9. The maximum Gasteiger partial charge on any atom is 0.404 e. The Hall–Kier alpha value is -3.62. The van der Waals surface area contributed by atoms with Crippen LogP contribution in [-0.2, 0) is 6.54 Å². The molecule has 0 radical (unpaired) electrons. The first kappa shape index (κ1) is 19.2. The molecule has 0 atom stereocenters. The van der Waals surface area contributed by atoms with Crippen molar-refractivity contribution in [2.24, 2.45) is 0 Å². The molecule has 0 unspecified atom stereocenters. The van der Waals surface area contributed by atoms with E-state index < -0.39 is 6.09 Å². The monoisotopic (exact) mass is 386 g/mol. The molecule has 2 heterocycles. The number of carbonyl (C=O) groups is 1. The first-order chi connectivity index (χ1) is 13.5. The number of aryl methyl sites for hydroxylation is 1. The Morgan fingerprint density at radius 2 is 2.21 bits per heavy atom. The van der Waals surface area contributed by atoms with Gasteiger partial charge in [0.05, 0.1) is 6.33 Å². The van der Waals surface area contributed by atoms with Crippen LogP contribution in [0.5, 0.6) is 5.75 Å². The van der Waals surface area contributed by atoms with Gasteiger partial charge in [-0.3, -0.25) is 4.98 Å². The minimum atomic E-state index is -1.23. The molecule has 8 nitrogen and oxygen atoms in total. The molecule has 28 heavy (non-hydrogen) atoms. The van der Waals surface area contributed by atoms with Crippen molar-refractivity contribution < 1.29 is 23.4 Å². The minimum absolute atomic E-state index is 0.0953. The molecule has 0 aliphatic heterocycles. The van der Waals surface area contributed by atoms with Gasteiger partial charge >= 0.3 is 6.09 Å². The summed E-state index contributed by atoms with van der Waals surface area (Å²) in [6, 6.07) is 9.31. The van der Waals surface area contributed by atoms with Gasteiger partial charge in [0.25, 0.3) is 6.01 Å². The van der Waals surface area contributed by atoms with Crippen molar-refractivity contribution >= 4 is 23.2 Å². The molecule has 0 saturated carbocycles. The van der Waals surface area contributed by atoms with Crippen LogP contribution in [0.2, 0.25) is 0 Å². The number of pyridine rings is 1. The van der Waals surface area contributed by atoms with Crippen molar-refractivity contribution in [3.8, 4) is 5.75 Å². The maximum absolute atomic E-state index is 12.8. The Balaban J connectivity index is 1.60. The molecule has 1 amide bonds. The lowest BCUT2D eigenvalue weighted by Crippen LogP contribution is -2.25. The Morgan fingerprint density at radius 1 is 1.36 bits per heavy atom. The van der Waals surface area contributed by atoms with E-state index >= 15 is 0 Å². The third kappa shape index (κ3) is 5.19. The third-order valence-corrected chi connectivity index (χ3v) is 3.82. The topological polar surface area (TPSA) is 110 Å². The van der Waals surface area contributed by atoms with Gasteiger partial charge in [-0.1, -0.05) is 6.07 Å². The Morgan fingerprint density at radius 3 is 2.93 bits per heavy atom. The van der Waals surface area contributed by atoms with Gasteiger partial charge in [-0.05, 0) is 30.7 Å². The number of hydrogen-bond acceptors (Lipinski definition) is 6. The molecular weight excluding hydrogens is 367 g/mol. The predicted octanol–water partition coefficient (Wildman–Crippen LogP) is 3.64. The van der Waals surface area contributed by atoms with Crippen molar-refractivity contribution in [3.63, 3.8) is 0 Å². The van der Waals surface area contributed by atoms with Crippen LogP contribution in [0, 0.1) is 6.92 Å². The number of amides is 1. The van der Waals surface area contributed by atoms with Crippen LogP contribution in [0.15, 0.2) is 52.8 Å². The third-order valence-electron chi connectivity index (χ3n) is 3.82. The highest BCUT2D eigenvalue weighted by molar-refractivity contribution is 5.76. The molecule has 1 aromatic carbocycles. The molecule has 3 aromatic rings. The summed E-state index contributed by atoms with van der Waals surface area (Å²) in [6.07, 6.45) is 0.876. The van der Waals surface area contributed by atoms with E-state index in [0.717, 1.165) is 11.3 Å². The van der Waals surface area contributed by atoms with Crippen molar-refractivity contribution in [2.45, 2.75) is 13.5 Å². The molecule has 2 aromatic heterocycles. The first-order valence-corrected chi connectivity index (χ1v) is 8.47. The maximum atomic E-state index is 12.8. The molecule has 0 saturated heterocycles. The summed E-state index contributed by atoms with van der Waals surface area (Å²) in [7, 11) is 0. The van der Waals surface area contributed by atoms with Gasteiger partial charge in [-0.15, -0.1) is 0 Å². The molecule has 0 bridgehead atoms. The molecule has 3 N–H and O–H groups in total. The number of ether oxygens (including phenoxy) is 1. The molecular formula is C19H19FN4O4. The van der Waals surface area contributed by atoms with Crippen molar-refractivity contribution in [3.05, 3.63) is 59.7 Å². The van der Waals surface area contributed by atoms with Crippen molar-refractivity contribution in [1.29, 1.82) is 0 Å². The normalized spacial score (nSPS) is 11.4. The van der Waals surface area contributed by atoms with Crippen molar-refractivity contribution in [1.82, 2.24) is 15.3 Å². The van der Waals surface area contributed by atoms with Crippen LogP contribution in [-0.4, -0.2) is 34.3 Å². The van der Waals surface area contributed by atoms with Gasteiger partial charge in [0.2, 0.25) is 0 Å². The quantitative estimate of drug-likeness (QED) is 0.542. The number of benzene rings is 1. The smallest absolute Gasteiger partial charge is 0.404 e. The average molecular weight is 386 g/mol. The molecule has 9 heteroatoms. The second-order valence-electron chi connectivity index (χ2n) is 6.02. The van der Waals surface area contributed by atoms with E-state index in [0.29, 0.717) is 35.7 Å².